The van der Waals surface area contributed by atoms with Gasteiger partial charge in [-0.05, 0) is 43.0 Å². The third kappa shape index (κ3) is 5.31. The molecule has 0 saturated heterocycles. The fourth-order valence-corrected chi connectivity index (χ4v) is 2.16. The largest absolute Gasteiger partial charge is 0.416 e. The molecule has 0 unspecified atom stereocenters. The highest BCUT2D eigenvalue weighted by Crippen LogP contribution is 2.31. The number of alkyl halides is 3. The van der Waals surface area contributed by atoms with Crippen LogP contribution in [0.25, 0.3) is 0 Å². The molecule has 5 heteroatoms. The van der Waals surface area contributed by atoms with Crippen LogP contribution in [0, 0.1) is 0 Å². The zero-order valence-electron chi connectivity index (χ0n) is 10.4. The molecule has 0 aliphatic heterocycles. The number of halogens is 3. The first kappa shape index (κ1) is 15.4. The molecule has 0 radical (unpaired) electrons. The van der Waals surface area contributed by atoms with Crippen LogP contribution in [0.4, 0.5) is 13.2 Å². The van der Waals surface area contributed by atoms with E-state index in [0.29, 0.717) is 5.56 Å². The second kappa shape index (κ2) is 7.69. The predicted molar refractivity (Wildman–Crippen MR) is 70.8 cm³/mol. The fraction of sp³-hybridized carbons (Fsp3) is 0.538. The number of unbranched alkanes of at least 4 members (excludes halogenated alkanes) is 1. The molecule has 0 fully saturated rings. The minimum absolute atomic E-state index is 0.273. The van der Waals surface area contributed by atoms with Crippen molar-refractivity contribution in [1.82, 2.24) is 5.32 Å². The van der Waals surface area contributed by atoms with E-state index >= 15 is 0 Å². The SMILES string of the molecule is CSCCCCNCc1ccccc1C(F)(F)F. The summed E-state index contributed by atoms with van der Waals surface area (Å²) in [6, 6.07) is 5.72. The number of hydrogen-bond acceptors (Lipinski definition) is 2. The van der Waals surface area contributed by atoms with Crippen LogP contribution in [0.3, 0.4) is 0 Å². The van der Waals surface area contributed by atoms with Crippen molar-refractivity contribution >= 4 is 11.8 Å². The third-order valence-corrected chi connectivity index (χ3v) is 3.29. The summed E-state index contributed by atoms with van der Waals surface area (Å²) in [5.41, 5.74) is -0.225. The Kier molecular flexibility index (Phi) is 6.57. The van der Waals surface area contributed by atoms with Gasteiger partial charge in [-0.1, -0.05) is 18.2 Å². The van der Waals surface area contributed by atoms with Crippen molar-refractivity contribution < 1.29 is 13.2 Å². The second-order valence-electron chi connectivity index (χ2n) is 4.03. The van der Waals surface area contributed by atoms with Crippen molar-refractivity contribution in [3.63, 3.8) is 0 Å². The maximum atomic E-state index is 12.7. The minimum Gasteiger partial charge on any atom is -0.313 e. The Morgan fingerprint density at radius 3 is 2.56 bits per heavy atom. The van der Waals surface area contributed by atoms with E-state index in [1.165, 1.54) is 12.1 Å². The van der Waals surface area contributed by atoms with Gasteiger partial charge in [0.15, 0.2) is 0 Å². The summed E-state index contributed by atoms with van der Waals surface area (Å²) >= 11 is 1.79. The van der Waals surface area contributed by atoms with Crippen LogP contribution in [-0.2, 0) is 12.7 Å². The van der Waals surface area contributed by atoms with Crippen molar-refractivity contribution in [2.24, 2.45) is 0 Å². The van der Waals surface area contributed by atoms with E-state index in [4.69, 9.17) is 0 Å². The van der Waals surface area contributed by atoms with Crippen molar-refractivity contribution in [2.75, 3.05) is 18.6 Å². The van der Waals surface area contributed by atoms with Crippen LogP contribution in [-0.4, -0.2) is 18.6 Å². The van der Waals surface area contributed by atoms with Gasteiger partial charge in [0, 0.05) is 6.54 Å². The zero-order chi connectivity index (χ0) is 13.4. The Labute approximate surface area is 110 Å². The number of thioether (sulfide) groups is 1. The van der Waals surface area contributed by atoms with Gasteiger partial charge in [-0.3, -0.25) is 0 Å². The Morgan fingerprint density at radius 2 is 1.89 bits per heavy atom. The summed E-state index contributed by atoms with van der Waals surface area (Å²) < 4.78 is 38.1. The molecule has 0 bridgehead atoms. The molecular formula is C13H18F3NS. The van der Waals surface area contributed by atoms with Crippen LogP contribution in [0.5, 0.6) is 0 Å². The zero-order valence-corrected chi connectivity index (χ0v) is 11.2. The smallest absolute Gasteiger partial charge is 0.313 e. The van der Waals surface area contributed by atoms with E-state index in [2.05, 4.69) is 5.32 Å². The normalized spacial score (nSPS) is 11.8. The highest BCUT2D eigenvalue weighted by atomic mass is 32.2. The summed E-state index contributed by atoms with van der Waals surface area (Å²) in [5, 5.41) is 3.06. The molecule has 1 nitrogen and oxygen atoms in total. The van der Waals surface area contributed by atoms with Crippen molar-refractivity contribution in [1.29, 1.82) is 0 Å². The summed E-state index contributed by atoms with van der Waals surface area (Å²) in [6.07, 6.45) is -0.131. The molecule has 0 saturated carbocycles. The van der Waals surface area contributed by atoms with Gasteiger partial charge in [0.05, 0.1) is 5.56 Å². The number of hydrogen-bond donors (Lipinski definition) is 1. The molecule has 0 aromatic heterocycles. The molecule has 0 aliphatic rings. The van der Waals surface area contributed by atoms with E-state index in [0.717, 1.165) is 31.2 Å². The Balaban J connectivity index is 2.43. The topological polar surface area (TPSA) is 12.0 Å². The van der Waals surface area contributed by atoms with Crippen molar-refractivity contribution in [2.45, 2.75) is 25.6 Å². The fourth-order valence-electron chi connectivity index (χ4n) is 1.67. The van der Waals surface area contributed by atoms with Gasteiger partial charge >= 0.3 is 6.18 Å². The molecule has 0 spiro atoms. The molecule has 18 heavy (non-hydrogen) atoms. The van der Waals surface area contributed by atoms with Crippen molar-refractivity contribution in [3.8, 4) is 0 Å². The van der Waals surface area contributed by atoms with E-state index in [-0.39, 0.29) is 6.54 Å². The summed E-state index contributed by atoms with van der Waals surface area (Å²) in [7, 11) is 0. The first-order valence-corrected chi connectivity index (χ1v) is 7.30. The molecule has 0 aliphatic carbocycles. The minimum atomic E-state index is -4.27. The maximum Gasteiger partial charge on any atom is 0.416 e. The first-order valence-electron chi connectivity index (χ1n) is 5.90. The maximum absolute atomic E-state index is 12.7. The van der Waals surface area contributed by atoms with E-state index in [9.17, 15) is 13.2 Å². The standard InChI is InChI=1S/C13H18F3NS/c1-18-9-5-4-8-17-10-11-6-2-3-7-12(11)13(14,15)16/h2-3,6-7,17H,4-5,8-10H2,1H3. The quantitative estimate of drug-likeness (QED) is 0.758. The molecule has 1 N–H and O–H groups in total. The van der Waals surface area contributed by atoms with Crippen LogP contribution >= 0.6 is 11.8 Å². The lowest BCUT2D eigenvalue weighted by molar-refractivity contribution is -0.138. The van der Waals surface area contributed by atoms with Crippen LogP contribution in [0.2, 0.25) is 0 Å². The Hall–Kier alpha value is -0.680. The lowest BCUT2D eigenvalue weighted by atomic mass is 10.1. The highest BCUT2D eigenvalue weighted by Gasteiger charge is 2.32. The van der Waals surface area contributed by atoms with Gasteiger partial charge in [0.2, 0.25) is 0 Å². The van der Waals surface area contributed by atoms with Crippen LogP contribution in [0.15, 0.2) is 24.3 Å². The van der Waals surface area contributed by atoms with Crippen LogP contribution in [0.1, 0.15) is 24.0 Å². The van der Waals surface area contributed by atoms with Crippen LogP contribution < -0.4 is 5.32 Å². The van der Waals surface area contributed by atoms with E-state index in [1.807, 2.05) is 6.26 Å². The molecule has 1 aromatic carbocycles. The molecule has 1 aromatic rings. The lowest BCUT2D eigenvalue weighted by Crippen LogP contribution is -2.18. The first-order chi connectivity index (χ1) is 8.55. The third-order valence-electron chi connectivity index (χ3n) is 2.59. The van der Waals surface area contributed by atoms with Gasteiger partial charge in [-0.15, -0.1) is 0 Å². The number of benzene rings is 1. The summed E-state index contributed by atoms with van der Waals surface area (Å²) in [6.45, 7) is 1.03. The Bertz CT molecular complexity index is 352. The van der Waals surface area contributed by atoms with Crippen molar-refractivity contribution in [3.05, 3.63) is 35.4 Å². The molecule has 0 amide bonds. The second-order valence-corrected chi connectivity index (χ2v) is 5.02. The van der Waals surface area contributed by atoms with Gasteiger partial charge in [0.25, 0.3) is 0 Å². The number of rotatable bonds is 7. The van der Waals surface area contributed by atoms with Gasteiger partial charge in [0.1, 0.15) is 0 Å². The Morgan fingerprint density at radius 1 is 1.17 bits per heavy atom. The van der Waals surface area contributed by atoms with Gasteiger partial charge in [-0.2, -0.15) is 24.9 Å². The molecule has 0 atom stereocenters. The molecular weight excluding hydrogens is 259 g/mol. The van der Waals surface area contributed by atoms with Gasteiger partial charge < -0.3 is 5.32 Å². The summed E-state index contributed by atoms with van der Waals surface area (Å²) in [5.74, 6) is 1.10. The number of nitrogens with one attached hydrogen (secondary N) is 1. The molecule has 102 valence electrons. The monoisotopic (exact) mass is 277 g/mol. The average molecular weight is 277 g/mol. The van der Waals surface area contributed by atoms with Gasteiger partial charge in [-0.25, -0.2) is 0 Å². The summed E-state index contributed by atoms with van der Waals surface area (Å²) in [4.78, 5) is 0. The predicted octanol–water partition coefficient (Wildman–Crippen LogP) is 3.94. The average Bonchev–Trinajstić information content (AvgIpc) is 2.33. The lowest BCUT2D eigenvalue weighted by Gasteiger charge is -2.13. The van der Waals surface area contributed by atoms with E-state index in [1.54, 1.807) is 17.8 Å². The molecule has 0 heterocycles. The van der Waals surface area contributed by atoms with E-state index < -0.39 is 11.7 Å². The highest BCUT2D eigenvalue weighted by molar-refractivity contribution is 7.98. The molecule has 1 rings (SSSR count).